The molecule has 0 aliphatic carbocycles. The molecule has 1 N–H and O–H groups in total. The van der Waals surface area contributed by atoms with Gasteiger partial charge in [0.2, 0.25) is 11.8 Å². The lowest BCUT2D eigenvalue weighted by Gasteiger charge is -2.24. The first-order valence-corrected chi connectivity index (χ1v) is 10.8. The number of rotatable bonds is 4. The van der Waals surface area contributed by atoms with Gasteiger partial charge in [0.25, 0.3) is 0 Å². The molecular weight excluding hydrogens is 408 g/mol. The third-order valence-corrected chi connectivity index (χ3v) is 6.73. The highest BCUT2D eigenvalue weighted by Crippen LogP contribution is 2.37. The zero-order valence-electron chi connectivity index (χ0n) is 16.9. The van der Waals surface area contributed by atoms with Gasteiger partial charge in [0.15, 0.2) is 0 Å². The van der Waals surface area contributed by atoms with E-state index < -0.39 is 5.92 Å². The van der Waals surface area contributed by atoms with Gasteiger partial charge in [-0.1, -0.05) is 18.2 Å². The van der Waals surface area contributed by atoms with Crippen LogP contribution in [-0.2, 0) is 9.59 Å². The second kappa shape index (κ2) is 7.92. The highest BCUT2D eigenvalue weighted by molar-refractivity contribution is 7.21. The van der Waals surface area contributed by atoms with Crippen molar-refractivity contribution in [3.8, 4) is 10.6 Å². The molecular formula is C24H20N4O2S. The summed E-state index contributed by atoms with van der Waals surface area (Å²) in [7, 11) is 1.74. The first kappa shape index (κ1) is 19.4. The lowest BCUT2D eigenvalue weighted by atomic mass is 9.94. The molecule has 6 nitrogen and oxygen atoms in total. The molecule has 1 aliphatic rings. The number of hydrogen-bond acceptors (Lipinski definition) is 5. The molecule has 2 amide bonds. The number of likely N-dealkylation sites (tertiary alicyclic amines) is 1. The van der Waals surface area contributed by atoms with Crippen molar-refractivity contribution in [2.75, 3.05) is 12.4 Å². The number of carbonyl (C=O) groups excluding carboxylic acids is 2. The van der Waals surface area contributed by atoms with Crippen LogP contribution in [-0.4, -0.2) is 33.7 Å². The van der Waals surface area contributed by atoms with Crippen LogP contribution in [0.3, 0.4) is 0 Å². The molecule has 3 heterocycles. The van der Waals surface area contributed by atoms with Gasteiger partial charge in [0.1, 0.15) is 5.01 Å². The lowest BCUT2D eigenvalue weighted by molar-refractivity contribution is -0.127. The summed E-state index contributed by atoms with van der Waals surface area (Å²) in [6, 6.07) is 19.1. The molecule has 0 saturated carbocycles. The van der Waals surface area contributed by atoms with Crippen LogP contribution in [0.2, 0.25) is 0 Å². The number of thiazole rings is 1. The van der Waals surface area contributed by atoms with Crippen LogP contribution in [0.25, 0.3) is 20.8 Å². The molecule has 7 heteroatoms. The Balaban J connectivity index is 1.34. The molecule has 1 saturated heterocycles. The number of aromatic nitrogens is 2. The number of anilines is 1. The van der Waals surface area contributed by atoms with Crippen molar-refractivity contribution in [3.05, 3.63) is 78.6 Å². The molecule has 0 bridgehead atoms. The Labute approximate surface area is 183 Å². The highest BCUT2D eigenvalue weighted by atomic mass is 32.1. The Kier molecular flexibility index (Phi) is 4.95. The van der Waals surface area contributed by atoms with Gasteiger partial charge >= 0.3 is 0 Å². The van der Waals surface area contributed by atoms with Crippen LogP contribution in [0.1, 0.15) is 18.0 Å². The number of amides is 2. The largest absolute Gasteiger partial charge is 0.338 e. The van der Waals surface area contributed by atoms with Crippen LogP contribution in [0, 0.1) is 5.92 Å². The van der Waals surface area contributed by atoms with Gasteiger partial charge in [-0.15, -0.1) is 11.3 Å². The summed E-state index contributed by atoms with van der Waals surface area (Å²) in [6.45, 7) is 0. The second-order valence-corrected chi connectivity index (χ2v) is 8.63. The molecule has 2 unspecified atom stereocenters. The van der Waals surface area contributed by atoms with Crippen molar-refractivity contribution in [2.45, 2.75) is 12.5 Å². The number of hydrogen-bond donors (Lipinski definition) is 1. The number of nitrogens with zero attached hydrogens (tertiary/aromatic N) is 3. The zero-order valence-corrected chi connectivity index (χ0v) is 17.7. The molecule has 2 aromatic heterocycles. The molecule has 5 rings (SSSR count). The maximum Gasteiger partial charge on any atom is 0.230 e. The van der Waals surface area contributed by atoms with Gasteiger partial charge < -0.3 is 10.2 Å². The van der Waals surface area contributed by atoms with E-state index in [-0.39, 0.29) is 24.3 Å². The predicted octanol–water partition coefficient (Wildman–Crippen LogP) is 4.52. The van der Waals surface area contributed by atoms with Crippen LogP contribution >= 0.6 is 11.3 Å². The van der Waals surface area contributed by atoms with Crippen molar-refractivity contribution in [1.82, 2.24) is 14.9 Å². The average Bonchev–Trinajstić information content (AvgIpc) is 3.36. The van der Waals surface area contributed by atoms with Crippen LogP contribution < -0.4 is 5.32 Å². The van der Waals surface area contributed by atoms with E-state index in [9.17, 15) is 9.59 Å². The van der Waals surface area contributed by atoms with Crippen molar-refractivity contribution < 1.29 is 9.59 Å². The van der Waals surface area contributed by atoms with E-state index in [2.05, 4.69) is 21.4 Å². The van der Waals surface area contributed by atoms with Crippen LogP contribution in [0.4, 0.5) is 5.69 Å². The summed E-state index contributed by atoms with van der Waals surface area (Å²) >= 11 is 1.64. The first-order valence-electron chi connectivity index (χ1n) is 10.0. The number of fused-ring (bicyclic) bond motifs is 1. The fourth-order valence-corrected chi connectivity index (χ4v) is 5.01. The minimum absolute atomic E-state index is 0.0415. The van der Waals surface area contributed by atoms with E-state index in [0.29, 0.717) is 5.69 Å². The van der Waals surface area contributed by atoms with E-state index in [1.807, 2.05) is 54.6 Å². The fourth-order valence-electron chi connectivity index (χ4n) is 4.04. The van der Waals surface area contributed by atoms with Crippen molar-refractivity contribution in [2.24, 2.45) is 5.92 Å². The first-order chi connectivity index (χ1) is 15.1. The smallest absolute Gasteiger partial charge is 0.230 e. The molecule has 4 aromatic rings. The lowest BCUT2D eigenvalue weighted by Crippen LogP contribution is -2.30. The van der Waals surface area contributed by atoms with Crippen molar-refractivity contribution in [1.29, 1.82) is 0 Å². The minimum atomic E-state index is -0.467. The minimum Gasteiger partial charge on any atom is -0.338 e. The number of carbonyl (C=O) groups is 2. The molecule has 154 valence electrons. The average molecular weight is 429 g/mol. The Bertz CT molecular complexity index is 1220. The summed E-state index contributed by atoms with van der Waals surface area (Å²) in [5.41, 5.74) is 3.54. The summed E-state index contributed by atoms with van der Waals surface area (Å²) in [6.07, 6.45) is 3.58. The third-order valence-electron chi connectivity index (χ3n) is 5.64. The number of para-hydroxylation sites is 1. The predicted molar refractivity (Wildman–Crippen MR) is 122 cm³/mol. The van der Waals surface area contributed by atoms with Gasteiger partial charge in [-0.3, -0.25) is 14.6 Å². The second-order valence-electron chi connectivity index (χ2n) is 7.60. The van der Waals surface area contributed by atoms with E-state index in [4.69, 9.17) is 0 Å². The van der Waals surface area contributed by atoms with Crippen molar-refractivity contribution in [3.63, 3.8) is 0 Å². The molecule has 2 aromatic carbocycles. The zero-order chi connectivity index (χ0) is 21.4. The highest BCUT2D eigenvalue weighted by Gasteiger charge is 2.42. The normalized spacial score (nSPS) is 18.5. The van der Waals surface area contributed by atoms with Gasteiger partial charge in [-0.2, -0.15) is 0 Å². The van der Waals surface area contributed by atoms with Gasteiger partial charge in [-0.25, -0.2) is 4.98 Å². The van der Waals surface area contributed by atoms with Crippen molar-refractivity contribution >= 4 is 39.1 Å². The molecule has 1 aliphatic heterocycles. The Morgan fingerprint density at radius 3 is 2.65 bits per heavy atom. The van der Waals surface area contributed by atoms with Gasteiger partial charge in [0, 0.05) is 37.1 Å². The molecule has 2 atom stereocenters. The van der Waals surface area contributed by atoms with E-state index >= 15 is 0 Å². The standard InChI is InChI=1S/C24H20N4O2S/c1-28-21(29)13-18(22(28)16-5-4-12-25-14-16)23(30)26-17-10-8-15(9-11-17)24-27-19-6-2-3-7-20(19)31-24/h2-12,14,18,22H,13H2,1H3,(H,26,30). The topological polar surface area (TPSA) is 75.2 Å². The number of benzene rings is 2. The number of nitrogens with one attached hydrogen (secondary N) is 1. The van der Waals surface area contributed by atoms with Crippen LogP contribution in [0.5, 0.6) is 0 Å². The maximum atomic E-state index is 13.0. The fraction of sp³-hybridized carbons (Fsp3) is 0.167. The van der Waals surface area contributed by atoms with E-state index in [0.717, 1.165) is 26.4 Å². The number of pyridine rings is 1. The molecule has 31 heavy (non-hydrogen) atoms. The summed E-state index contributed by atoms with van der Waals surface area (Å²) in [4.78, 5) is 35.8. The van der Waals surface area contributed by atoms with Crippen LogP contribution in [0.15, 0.2) is 73.1 Å². The monoisotopic (exact) mass is 428 g/mol. The van der Waals surface area contributed by atoms with E-state index in [1.54, 1.807) is 35.7 Å². The third kappa shape index (κ3) is 3.68. The molecule has 0 radical (unpaired) electrons. The van der Waals surface area contributed by atoms with Gasteiger partial charge in [-0.05, 0) is 48.0 Å². The van der Waals surface area contributed by atoms with E-state index in [1.165, 1.54) is 0 Å². The molecule has 1 fully saturated rings. The summed E-state index contributed by atoms with van der Waals surface area (Å²) in [5.74, 6) is -0.676. The molecule has 0 spiro atoms. The maximum absolute atomic E-state index is 13.0. The summed E-state index contributed by atoms with van der Waals surface area (Å²) in [5, 5.41) is 3.92. The Hall–Kier alpha value is -3.58. The summed E-state index contributed by atoms with van der Waals surface area (Å²) < 4.78 is 1.14. The van der Waals surface area contributed by atoms with Gasteiger partial charge in [0.05, 0.1) is 22.2 Å². The Morgan fingerprint density at radius 1 is 1.10 bits per heavy atom. The quantitative estimate of drug-likeness (QED) is 0.519. The SMILES string of the molecule is CN1C(=O)CC(C(=O)Nc2ccc(-c3nc4ccccc4s3)cc2)C1c1cccnc1. The Morgan fingerprint density at radius 2 is 1.90 bits per heavy atom.